The van der Waals surface area contributed by atoms with Crippen molar-refractivity contribution in [3.63, 3.8) is 0 Å². The van der Waals surface area contributed by atoms with Crippen molar-refractivity contribution in [1.82, 2.24) is 15.0 Å². The minimum absolute atomic E-state index is 0.660. The SMILES string of the molecule is c1ccc(-c2nc(-c3ccccc3)nc(-c3ccc4c(c3)sc3ccc(-c5cccc(-c6cccc(-c7ccc([Si](c8ccccc8)(c8ccccc8)c8ccccc8)cc7)c6)c5)cc34)n2)cc1. The van der Waals surface area contributed by atoms with Gasteiger partial charge in [0, 0.05) is 36.9 Å². The molecule has 0 amide bonds. The molecule has 68 heavy (non-hydrogen) atoms. The molecule has 0 radical (unpaired) electrons. The van der Waals surface area contributed by atoms with Crippen molar-refractivity contribution in [3.05, 3.63) is 261 Å². The normalized spacial score (nSPS) is 11.5. The van der Waals surface area contributed by atoms with E-state index in [4.69, 9.17) is 15.0 Å². The summed E-state index contributed by atoms with van der Waals surface area (Å²) in [4.78, 5) is 14.9. The van der Waals surface area contributed by atoms with Crippen LogP contribution in [-0.4, -0.2) is 23.0 Å². The average molecular weight is 902 g/mol. The molecule has 12 rings (SSSR count). The number of benzene rings is 10. The maximum absolute atomic E-state index is 5.00. The van der Waals surface area contributed by atoms with Gasteiger partial charge >= 0.3 is 0 Å². The summed E-state index contributed by atoms with van der Waals surface area (Å²) >= 11 is 1.80. The molecule has 5 heteroatoms. The summed E-state index contributed by atoms with van der Waals surface area (Å²) in [5.74, 6) is 1.98. The summed E-state index contributed by atoms with van der Waals surface area (Å²) in [6, 6.07) is 94.4. The van der Waals surface area contributed by atoms with Gasteiger partial charge in [-0.25, -0.2) is 15.0 Å². The van der Waals surface area contributed by atoms with Crippen molar-refractivity contribution in [2.75, 3.05) is 0 Å². The minimum Gasteiger partial charge on any atom is -0.208 e. The van der Waals surface area contributed by atoms with E-state index in [1.807, 2.05) is 60.7 Å². The van der Waals surface area contributed by atoms with E-state index in [2.05, 4.69) is 200 Å². The Hall–Kier alpha value is -8.35. The van der Waals surface area contributed by atoms with Crippen molar-refractivity contribution < 1.29 is 0 Å². The summed E-state index contributed by atoms with van der Waals surface area (Å²) in [7, 11) is -2.60. The molecule has 2 heterocycles. The van der Waals surface area contributed by atoms with Crippen molar-refractivity contribution in [1.29, 1.82) is 0 Å². The smallest absolute Gasteiger partial charge is 0.179 e. The van der Waals surface area contributed by atoms with E-state index in [0.29, 0.717) is 17.5 Å². The van der Waals surface area contributed by atoms with Crippen LogP contribution in [0.5, 0.6) is 0 Å². The van der Waals surface area contributed by atoms with Crippen LogP contribution in [0.2, 0.25) is 0 Å². The molecule has 0 aliphatic rings. The Kier molecular flexibility index (Phi) is 10.8. The zero-order chi connectivity index (χ0) is 45.3. The number of hydrogen-bond donors (Lipinski definition) is 0. The van der Waals surface area contributed by atoms with Gasteiger partial charge in [0.05, 0.1) is 0 Å². The van der Waals surface area contributed by atoms with Crippen molar-refractivity contribution in [2.24, 2.45) is 0 Å². The highest BCUT2D eigenvalue weighted by molar-refractivity contribution is 7.25. The van der Waals surface area contributed by atoms with Crippen LogP contribution in [0, 0.1) is 0 Å². The number of aromatic nitrogens is 3. The zero-order valence-electron chi connectivity index (χ0n) is 37.1. The molecule has 10 aromatic carbocycles. The number of thiophene rings is 1. The van der Waals surface area contributed by atoms with Gasteiger partial charge in [0.1, 0.15) is 0 Å². The monoisotopic (exact) mass is 901 g/mol. The lowest BCUT2D eigenvalue weighted by atomic mass is 9.96. The topological polar surface area (TPSA) is 38.7 Å². The molecule has 3 nitrogen and oxygen atoms in total. The molecular weight excluding hydrogens is 859 g/mol. The van der Waals surface area contributed by atoms with Gasteiger partial charge in [0.15, 0.2) is 25.5 Å². The van der Waals surface area contributed by atoms with Gasteiger partial charge in [-0.2, -0.15) is 0 Å². The maximum atomic E-state index is 5.00. The summed E-state index contributed by atoms with van der Waals surface area (Å²) in [6.45, 7) is 0. The Morgan fingerprint density at radius 2 is 0.603 bits per heavy atom. The highest BCUT2D eigenvalue weighted by Gasteiger charge is 2.41. The third kappa shape index (κ3) is 7.64. The molecule has 12 aromatic rings. The summed E-state index contributed by atoms with van der Waals surface area (Å²) in [5.41, 5.74) is 10.0. The summed E-state index contributed by atoms with van der Waals surface area (Å²) < 4.78 is 2.45. The molecule has 320 valence electrons. The Labute approximate surface area is 401 Å². The van der Waals surface area contributed by atoms with E-state index in [1.165, 1.54) is 74.3 Å². The second-order valence-electron chi connectivity index (χ2n) is 17.1. The third-order valence-electron chi connectivity index (χ3n) is 13.1. The maximum Gasteiger partial charge on any atom is 0.179 e. The second kappa shape index (κ2) is 17.8. The first-order chi connectivity index (χ1) is 33.7. The fourth-order valence-electron chi connectivity index (χ4n) is 9.77. The van der Waals surface area contributed by atoms with E-state index in [0.717, 1.165) is 16.7 Å². The van der Waals surface area contributed by atoms with Crippen LogP contribution in [0.4, 0.5) is 0 Å². The van der Waals surface area contributed by atoms with E-state index in [1.54, 1.807) is 11.3 Å². The minimum atomic E-state index is -2.60. The van der Waals surface area contributed by atoms with E-state index < -0.39 is 8.07 Å². The van der Waals surface area contributed by atoms with E-state index >= 15 is 0 Å². The summed E-state index contributed by atoms with van der Waals surface area (Å²) in [6.07, 6.45) is 0. The van der Waals surface area contributed by atoms with E-state index in [9.17, 15) is 0 Å². The predicted octanol–water partition coefficient (Wildman–Crippen LogP) is 13.6. The average Bonchev–Trinajstić information content (AvgIpc) is 3.80. The molecule has 2 aromatic heterocycles. The number of hydrogen-bond acceptors (Lipinski definition) is 4. The molecule has 0 N–H and O–H groups in total. The Balaban J connectivity index is 0.861. The van der Waals surface area contributed by atoms with Crippen LogP contribution >= 0.6 is 11.3 Å². The highest BCUT2D eigenvalue weighted by Crippen LogP contribution is 2.39. The zero-order valence-corrected chi connectivity index (χ0v) is 38.9. The van der Waals surface area contributed by atoms with Gasteiger partial charge in [0.25, 0.3) is 0 Å². The lowest BCUT2D eigenvalue weighted by molar-refractivity contribution is 1.07. The quantitative estimate of drug-likeness (QED) is 0.101. The van der Waals surface area contributed by atoms with E-state index in [-0.39, 0.29) is 0 Å². The van der Waals surface area contributed by atoms with Crippen LogP contribution in [0.3, 0.4) is 0 Å². The molecular formula is C63H43N3SSi. The largest absolute Gasteiger partial charge is 0.208 e. The fourth-order valence-corrected chi connectivity index (χ4v) is 15.6. The lowest BCUT2D eigenvalue weighted by Crippen LogP contribution is -2.74. The summed E-state index contributed by atoms with van der Waals surface area (Å²) in [5, 5.41) is 7.96. The third-order valence-corrected chi connectivity index (χ3v) is 19.0. The molecule has 0 saturated carbocycles. The van der Waals surface area contributed by atoms with Crippen molar-refractivity contribution in [3.8, 4) is 67.5 Å². The first kappa shape index (κ1) is 41.1. The molecule has 0 saturated heterocycles. The predicted molar refractivity (Wildman–Crippen MR) is 289 cm³/mol. The first-order valence-electron chi connectivity index (χ1n) is 23.0. The van der Waals surface area contributed by atoms with Crippen LogP contribution in [0.1, 0.15) is 0 Å². The standard InChI is InChI=1S/C63H43N3SSi/c1-6-18-45(19-7-1)61-64-62(46-20-8-2-9-21-46)66-63(65-61)52-34-38-57-58-42-51(35-39-59(58)67-60(57)43-52)50-25-17-24-49(41-50)48-23-16-22-47(40-48)44-32-36-56(37-33-44)68(53-26-10-3-11-27-53,54-28-12-4-13-29-54)55-30-14-5-15-31-55/h1-43H. The van der Waals surface area contributed by atoms with Crippen molar-refractivity contribution >= 4 is 60.3 Å². The van der Waals surface area contributed by atoms with Crippen LogP contribution in [0.25, 0.3) is 87.7 Å². The molecule has 0 spiro atoms. The Bertz CT molecular complexity index is 3560. The molecule has 0 aliphatic heterocycles. The van der Waals surface area contributed by atoms with Crippen LogP contribution in [-0.2, 0) is 0 Å². The highest BCUT2D eigenvalue weighted by atomic mass is 32.1. The van der Waals surface area contributed by atoms with Gasteiger partial charge in [0.2, 0.25) is 0 Å². The number of nitrogens with zero attached hydrogens (tertiary/aromatic N) is 3. The lowest BCUT2D eigenvalue weighted by Gasteiger charge is -2.34. The van der Waals surface area contributed by atoms with Gasteiger partial charge in [-0.15, -0.1) is 11.3 Å². The molecule has 0 aliphatic carbocycles. The number of fused-ring (bicyclic) bond motifs is 3. The number of rotatable bonds is 10. The van der Waals surface area contributed by atoms with Crippen LogP contribution in [0.15, 0.2) is 261 Å². The molecule has 0 fully saturated rings. The Morgan fingerprint density at radius 1 is 0.235 bits per heavy atom. The fraction of sp³-hybridized carbons (Fsp3) is 0. The first-order valence-corrected chi connectivity index (χ1v) is 25.8. The Morgan fingerprint density at radius 3 is 1.09 bits per heavy atom. The molecule has 0 unspecified atom stereocenters. The second-order valence-corrected chi connectivity index (χ2v) is 22.0. The van der Waals surface area contributed by atoms with Gasteiger partial charge < -0.3 is 0 Å². The molecule has 0 bridgehead atoms. The van der Waals surface area contributed by atoms with Gasteiger partial charge in [-0.1, -0.05) is 231 Å². The molecule has 0 atom stereocenters. The van der Waals surface area contributed by atoms with Gasteiger partial charge in [-0.3, -0.25) is 0 Å². The van der Waals surface area contributed by atoms with Crippen LogP contribution < -0.4 is 20.7 Å². The van der Waals surface area contributed by atoms with Crippen molar-refractivity contribution in [2.45, 2.75) is 0 Å². The van der Waals surface area contributed by atoms with Gasteiger partial charge in [-0.05, 0) is 84.5 Å².